The maximum atomic E-state index is 11.6. The van der Waals surface area contributed by atoms with Crippen LogP contribution in [0.4, 0.5) is 5.82 Å². The molecule has 8 heteroatoms. The van der Waals surface area contributed by atoms with Gasteiger partial charge in [-0.3, -0.25) is 4.57 Å². The molecule has 0 spiro atoms. The van der Waals surface area contributed by atoms with Crippen molar-refractivity contribution in [3.05, 3.63) is 22.2 Å². The number of nitrogens with two attached hydrogens (primary N) is 1. The molecule has 1 aliphatic rings. The molecule has 7 nitrogen and oxygen atoms in total. The van der Waals surface area contributed by atoms with Crippen LogP contribution < -0.4 is 11.4 Å². The van der Waals surface area contributed by atoms with Gasteiger partial charge in [0.1, 0.15) is 18.1 Å². The van der Waals surface area contributed by atoms with E-state index in [-0.39, 0.29) is 31.3 Å². The summed E-state index contributed by atoms with van der Waals surface area (Å²) in [5.41, 5.74) is 5.65. The first-order valence-corrected chi connectivity index (χ1v) is 5.32. The highest BCUT2D eigenvalue weighted by atomic mass is 35.5. The number of aromatic nitrogens is 2. The molecule has 2 heterocycles. The molecule has 3 atom stereocenters. The van der Waals surface area contributed by atoms with Crippen molar-refractivity contribution in [1.29, 1.82) is 0 Å². The van der Waals surface area contributed by atoms with Gasteiger partial charge in [0.25, 0.3) is 0 Å². The van der Waals surface area contributed by atoms with Crippen molar-refractivity contribution in [2.45, 2.75) is 31.8 Å². The van der Waals surface area contributed by atoms with Gasteiger partial charge in [-0.05, 0) is 6.92 Å². The van der Waals surface area contributed by atoms with Crippen LogP contribution in [0, 0.1) is 6.92 Å². The van der Waals surface area contributed by atoms with Gasteiger partial charge in [-0.1, -0.05) is 0 Å². The number of rotatable bonds is 2. The molecule has 0 saturated carbocycles. The Morgan fingerprint density at radius 1 is 1.67 bits per heavy atom. The average molecular weight is 278 g/mol. The maximum absolute atomic E-state index is 11.6. The Morgan fingerprint density at radius 2 is 2.33 bits per heavy atom. The molecular weight excluding hydrogens is 262 g/mol. The molecule has 1 saturated heterocycles. The van der Waals surface area contributed by atoms with Crippen LogP contribution in [0.1, 0.15) is 18.2 Å². The van der Waals surface area contributed by atoms with E-state index in [9.17, 15) is 9.90 Å². The van der Waals surface area contributed by atoms with Crippen molar-refractivity contribution in [1.82, 2.24) is 9.55 Å². The summed E-state index contributed by atoms with van der Waals surface area (Å²) < 4.78 is 6.65. The number of aliphatic hydroxyl groups is 2. The van der Waals surface area contributed by atoms with Crippen molar-refractivity contribution < 1.29 is 14.9 Å². The predicted octanol–water partition coefficient (Wildman–Crippen LogP) is -0.804. The quantitative estimate of drug-likeness (QED) is 0.652. The van der Waals surface area contributed by atoms with Gasteiger partial charge in [0.2, 0.25) is 0 Å². The smallest absolute Gasteiger partial charge is 0.351 e. The first-order chi connectivity index (χ1) is 8.02. The molecule has 18 heavy (non-hydrogen) atoms. The van der Waals surface area contributed by atoms with E-state index in [1.165, 1.54) is 4.57 Å². The van der Waals surface area contributed by atoms with Crippen molar-refractivity contribution >= 4 is 18.2 Å². The van der Waals surface area contributed by atoms with Crippen molar-refractivity contribution in [2.75, 3.05) is 12.3 Å². The number of aryl methyl sites for hydroxylation is 1. The molecule has 4 N–H and O–H groups in total. The van der Waals surface area contributed by atoms with Crippen LogP contribution in [0.15, 0.2) is 11.0 Å². The summed E-state index contributed by atoms with van der Waals surface area (Å²) >= 11 is 0. The number of hydrogen-bond donors (Lipinski definition) is 3. The molecular formula is C10H16ClN3O4. The molecule has 3 unspecified atom stereocenters. The number of aliphatic hydroxyl groups excluding tert-OH is 2. The van der Waals surface area contributed by atoms with E-state index >= 15 is 0 Å². The Bertz CT molecular complexity index is 479. The zero-order valence-electron chi connectivity index (χ0n) is 9.81. The normalized spacial score (nSPS) is 26.9. The fraction of sp³-hybridized carbons (Fsp3) is 0.600. The number of ether oxygens (including phenoxy) is 1. The topological polar surface area (TPSA) is 111 Å². The van der Waals surface area contributed by atoms with Crippen LogP contribution in [0.3, 0.4) is 0 Å². The Balaban J connectivity index is 0.00000162. The summed E-state index contributed by atoms with van der Waals surface area (Å²) in [5.74, 6) is 0.184. The lowest BCUT2D eigenvalue weighted by molar-refractivity contribution is -0.0459. The maximum Gasteiger partial charge on any atom is 0.351 e. The SMILES string of the molecule is Cc1cn(C2CC(O)C(CO)O2)c(=O)nc1N.Cl. The van der Waals surface area contributed by atoms with Crippen LogP contribution in [0.2, 0.25) is 0 Å². The third-order valence-corrected chi connectivity index (χ3v) is 2.87. The Hall–Kier alpha value is -1.15. The minimum Gasteiger partial charge on any atom is -0.394 e. The lowest BCUT2D eigenvalue weighted by atomic mass is 10.2. The van der Waals surface area contributed by atoms with Crippen molar-refractivity contribution in [3.8, 4) is 0 Å². The van der Waals surface area contributed by atoms with E-state index in [0.29, 0.717) is 5.56 Å². The monoisotopic (exact) mass is 277 g/mol. The summed E-state index contributed by atoms with van der Waals surface area (Å²) in [6, 6.07) is 0. The largest absolute Gasteiger partial charge is 0.394 e. The highest BCUT2D eigenvalue weighted by Crippen LogP contribution is 2.27. The third kappa shape index (κ3) is 2.64. The van der Waals surface area contributed by atoms with E-state index in [1.807, 2.05) is 0 Å². The predicted molar refractivity (Wildman–Crippen MR) is 66.5 cm³/mol. The first-order valence-electron chi connectivity index (χ1n) is 5.32. The third-order valence-electron chi connectivity index (χ3n) is 2.87. The highest BCUT2D eigenvalue weighted by molar-refractivity contribution is 5.85. The summed E-state index contributed by atoms with van der Waals surface area (Å²) in [5, 5.41) is 18.6. The second-order valence-electron chi connectivity index (χ2n) is 4.11. The van der Waals surface area contributed by atoms with Crippen LogP contribution in [-0.2, 0) is 4.74 Å². The Kier molecular flexibility index (Phi) is 4.69. The molecule has 2 rings (SSSR count). The van der Waals surface area contributed by atoms with Crippen LogP contribution in [-0.4, -0.2) is 38.6 Å². The number of hydrogen-bond acceptors (Lipinski definition) is 6. The van der Waals surface area contributed by atoms with Crippen LogP contribution in [0.5, 0.6) is 0 Å². The number of anilines is 1. The summed E-state index contributed by atoms with van der Waals surface area (Å²) in [7, 11) is 0. The summed E-state index contributed by atoms with van der Waals surface area (Å²) in [6.45, 7) is 1.45. The van der Waals surface area contributed by atoms with Gasteiger partial charge in [0.15, 0.2) is 0 Å². The Labute approximate surface area is 110 Å². The van der Waals surface area contributed by atoms with E-state index in [1.54, 1.807) is 13.1 Å². The minimum absolute atomic E-state index is 0. The molecule has 102 valence electrons. The molecule has 1 aliphatic heterocycles. The van der Waals surface area contributed by atoms with Gasteiger partial charge in [-0.2, -0.15) is 4.98 Å². The van der Waals surface area contributed by atoms with Gasteiger partial charge in [0, 0.05) is 18.2 Å². The van der Waals surface area contributed by atoms with Gasteiger partial charge in [0.05, 0.1) is 12.7 Å². The first kappa shape index (κ1) is 14.9. The fourth-order valence-corrected chi connectivity index (χ4v) is 1.84. The zero-order chi connectivity index (χ0) is 12.6. The second kappa shape index (κ2) is 5.66. The van der Waals surface area contributed by atoms with Gasteiger partial charge in [-0.15, -0.1) is 12.4 Å². The average Bonchev–Trinajstić information content (AvgIpc) is 2.65. The number of nitrogen functional groups attached to an aromatic ring is 1. The minimum atomic E-state index is -0.783. The Morgan fingerprint density at radius 3 is 2.89 bits per heavy atom. The zero-order valence-corrected chi connectivity index (χ0v) is 10.6. The van der Waals surface area contributed by atoms with Crippen molar-refractivity contribution in [2.24, 2.45) is 0 Å². The molecule has 0 amide bonds. The van der Waals surface area contributed by atoms with Crippen molar-refractivity contribution in [3.63, 3.8) is 0 Å². The number of nitrogens with zero attached hydrogens (tertiary/aromatic N) is 2. The molecule has 1 aromatic heterocycles. The van der Waals surface area contributed by atoms with Crippen LogP contribution in [0.25, 0.3) is 0 Å². The second-order valence-corrected chi connectivity index (χ2v) is 4.11. The van der Waals surface area contributed by atoms with E-state index in [2.05, 4.69) is 4.98 Å². The van der Waals surface area contributed by atoms with Crippen LogP contribution >= 0.6 is 12.4 Å². The molecule has 0 radical (unpaired) electrons. The lowest BCUT2D eigenvalue weighted by Gasteiger charge is -2.15. The van der Waals surface area contributed by atoms with E-state index in [0.717, 1.165) is 0 Å². The van der Waals surface area contributed by atoms with Gasteiger partial charge < -0.3 is 20.7 Å². The molecule has 0 bridgehead atoms. The standard InChI is InChI=1S/C10H15N3O4.ClH/c1-5-3-13(10(16)12-9(5)11)8-2-6(15)7(4-14)17-8;/h3,6-8,14-15H,2,4H2,1H3,(H2,11,12,16);1H. The highest BCUT2D eigenvalue weighted by Gasteiger charge is 2.35. The van der Waals surface area contributed by atoms with Gasteiger partial charge in [-0.25, -0.2) is 4.79 Å². The molecule has 0 aliphatic carbocycles. The summed E-state index contributed by atoms with van der Waals surface area (Å²) in [4.78, 5) is 15.3. The molecule has 1 aromatic rings. The fourth-order valence-electron chi connectivity index (χ4n) is 1.84. The van der Waals surface area contributed by atoms with E-state index < -0.39 is 24.1 Å². The van der Waals surface area contributed by atoms with E-state index in [4.69, 9.17) is 15.6 Å². The molecule has 0 aromatic carbocycles. The summed E-state index contributed by atoms with van der Waals surface area (Å²) in [6.07, 6.45) is -0.265. The lowest BCUT2D eigenvalue weighted by Crippen LogP contribution is -2.28. The molecule has 1 fully saturated rings. The number of halogens is 1. The van der Waals surface area contributed by atoms with Gasteiger partial charge >= 0.3 is 5.69 Å².